The number of likely N-dealkylation sites (tertiary alicyclic amines) is 1. The second-order valence-corrected chi connectivity index (χ2v) is 19.8. The quantitative estimate of drug-likeness (QED) is 0.102. The van der Waals surface area contributed by atoms with E-state index in [1.54, 1.807) is 18.7 Å². The number of aromatic nitrogens is 4. The lowest BCUT2D eigenvalue weighted by Gasteiger charge is -2.33. The van der Waals surface area contributed by atoms with Gasteiger partial charge in [-0.15, -0.1) is 5.10 Å². The van der Waals surface area contributed by atoms with Crippen molar-refractivity contribution in [2.24, 2.45) is 17.8 Å². The number of nitrogens with zero attached hydrogens (tertiary/aromatic N) is 6. The topological polar surface area (TPSA) is 218 Å². The summed E-state index contributed by atoms with van der Waals surface area (Å²) in [5.74, 6) is -2.90. The first-order valence-corrected chi connectivity index (χ1v) is 24.2. The molecular formula is C50H71N9O8. The molecule has 364 valence electrons. The highest BCUT2D eigenvalue weighted by molar-refractivity contribution is 5.94. The summed E-state index contributed by atoms with van der Waals surface area (Å²) in [4.78, 5) is 86.1. The Balaban J connectivity index is 1.10. The van der Waals surface area contributed by atoms with E-state index in [0.717, 1.165) is 35.4 Å². The van der Waals surface area contributed by atoms with Crippen LogP contribution in [0.15, 0.2) is 54.6 Å². The van der Waals surface area contributed by atoms with Crippen molar-refractivity contribution in [3.63, 3.8) is 0 Å². The number of aryl methyl sites for hydroxylation is 1. The van der Waals surface area contributed by atoms with Crippen molar-refractivity contribution in [3.05, 3.63) is 77.1 Å². The number of unbranched alkanes of at least 4 members (excludes halogenated alkanes) is 1. The molecule has 4 N–H and O–H groups in total. The minimum Gasteiger partial charge on any atom is -0.444 e. The van der Waals surface area contributed by atoms with Crippen molar-refractivity contribution in [1.29, 1.82) is 0 Å². The number of ether oxygens (including phenoxy) is 1. The van der Waals surface area contributed by atoms with E-state index in [-0.39, 0.29) is 43.6 Å². The molecule has 0 spiro atoms. The third kappa shape index (κ3) is 13.0. The Morgan fingerprint density at radius 2 is 1.60 bits per heavy atom. The van der Waals surface area contributed by atoms with Gasteiger partial charge in [-0.25, -0.2) is 9.48 Å². The fourth-order valence-electron chi connectivity index (χ4n) is 9.14. The summed E-state index contributed by atoms with van der Waals surface area (Å²) in [6.07, 6.45) is 2.28. The van der Waals surface area contributed by atoms with Crippen LogP contribution in [0.25, 0.3) is 0 Å². The number of nitrogens with one attached hydrogen (secondary N) is 3. The number of hydrogen-bond donors (Lipinski definition) is 4. The van der Waals surface area contributed by atoms with Gasteiger partial charge in [0.1, 0.15) is 24.0 Å². The van der Waals surface area contributed by atoms with Gasteiger partial charge in [-0.1, -0.05) is 95.6 Å². The molecule has 5 amide bonds. The van der Waals surface area contributed by atoms with E-state index in [1.165, 1.54) is 4.90 Å². The molecule has 3 aromatic rings. The lowest BCUT2D eigenvalue weighted by molar-refractivity contribution is -0.144. The van der Waals surface area contributed by atoms with E-state index in [4.69, 9.17) is 4.74 Å². The second kappa shape index (κ2) is 22.9. The molecule has 3 unspecified atom stereocenters. The maximum Gasteiger partial charge on any atom is 0.410 e. The summed E-state index contributed by atoms with van der Waals surface area (Å²) in [5.41, 5.74) is 2.77. The number of benzene rings is 2. The summed E-state index contributed by atoms with van der Waals surface area (Å²) < 4.78 is 7.83. The number of Topliss-reactive ketones (excluding diaryl/α,β-unsaturated/α-hetero) is 1. The van der Waals surface area contributed by atoms with Gasteiger partial charge in [0.25, 0.3) is 5.91 Å². The zero-order valence-corrected chi connectivity index (χ0v) is 40.3. The van der Waals surface area contributed by atoms with E-state index in [2.05, 4.69) is 45.3 Å². The van der Waals surface area contributed by atoms with Crippen molar-refractivity contribution in [1.82, 2.24) is 46.0 Å². The van der Waals surface area contributed by atoms with Crippen LogP contribution in [0.2, 0.25) is 0 Å². The molecule has 3 aliphatic rings. The predicted molar refractivity (Wildman–Crippen MR) is 250 cm³/mol. The maximum absolute atomic E-state index is 14.7. The molecule has 2 aromatic carbocycles. The minimum atomic E-state index is -1.51. The lowest BCUT2D eigenvalue weighted by Crippen LogP contribution is -2.58. The first-order valence-electron chi connectivity index (χ1n) is 24.2. The molecule has 0 bridgehead atoms. The Morgan fingerprint density at radius 3 is 2.27 bits per heavy atom. The van der Waals surface area contributed by atoms with Gasteiger partial charge in [-0.3, -0.25) is 24.0 Å². The fraction of sp³-hybridized carbons (Fsp3) is 0.620. The molecular weight excluding hydrogens is 855 g/mol. The molecule has 2 aliphatic heterocycles. The zero-order chi connectivity index (χ0) is 48.4. The first-order chi connectivity index (χ1) is 32.0. The van der Waals surface area contributed by atoms with Crippen LogP contribution in [0, 0.1) is 17.8 Å². The number of carbonyl (C=O) groups excluding carboxylic acids is 6. The van der Waals surface area contributed by atoms with E-state index in [1.807, 2.05) is 80.1 Å². The Morgan fingerprint density at radius 1 is 0.896 bits per heavy atom. The molecule has 1 saturated heterocycles. The normalized spacial score (nSPS) is 19.0. The van der Waals surface area contributed by atoms with Crippen molar-refractivity contribution in [3.8, 4) is 0 Å². The van der Waals surface area contributed by atoms with Crippen LogP contribution in [0.3, 0.4) is 0 Å². The number of tetrazole rings is 1. The first kappa shape index (κ1) is 50.7. The van der Waals surface area contributed by atoms with Crippen LogP contribution in [0.5, 0.6) is 0 Å². The van der Waals surface area contributed by atoms with Crippen LogP contribution in [0.1, 0.15) is 129 Å². The Bertz CT molecular complexity index is 2190. The number of aliphatic hydroxyl groups is 1. The molecule has 17 nitrogen and oxygen atoms in total. The fourth-order valence-corrected chi connectivity index (χ4v) is 9.14. The van der Waals surface area contributed by atoms with E-state index in [0.29, 0.717) is 51.6 Å². The predicted octanol–water partition coefficient (Wildman–Crippen LogP) is 4.63. The molecule has 67 heavy (non-hydrogen) atoms. The monoisotopic (exact) mass is 926 g/mol. The van der Waals surface area contributed by atoms with Gasteiger partial charge < -0.3 is 35.6 Å². The second-order valence-electron chi connectivity index (χ2n) is 19.8. The number of carbonyl (C=O) groups is 6. The smallest absolute Gasteiger partial charge is 0.410 e. The van der Waals surface area contributed by atoms with E-state index in [9.17, 15) is 33.9 Å². The van der Waals surface area contributed by atoms with Gasteiger partial charge in [0.05, 0.1) is 18.1 Å². The number of rotatable bonds is 22. The Hall–Kier alpha value is -5.71. The minimum absolute atomic E-state index is 0.00461. The van der Waals surface area contributed by atoms with Crippen LogP contribution < -0.4 is 16.0 Å². The number of hydrogen-bond acceptors (Lipinski definition) is 11. The molecule has 6 rings (SSSR count). The van der Waals surface area contributed by atoms with Gasteiger partial charge in [0, 0.05) is 50.7 Å². The summed E-state index contributed by atoms with van der Waals surface area (Å²) in [5, 5.41) is 32.1. The van der Waals surface area contributed by atoms with Crippen LogP contribution in [-0.2, 0) is 53.6 Å². The van der Waals surface area contributed by atoms with Gasteiger partial charge in [-0.05, 0) is 91.3 Å². The largest absolute Gasteiger partial charge is 0.444 e. The number of amides is 5. The molecule has 1 saturated carbocycles. The van der Waals surface area contributed by atoms with Gasteiger partial charge in [-0.2, -0.15) is 0 Å². The maximum atomic E-state index is 14.7. The third-order valence-electron chi connectivity index (χ3n) is 13.5. The van der Waals surface area contributed by atoms with Gasteiger partial charge in [0.15, 0.2) is 11.9 Å². The molecule has 1 aliphatic carbocycles. The van der Waals surface area contributed by atoms with Crippen LogP contribution in [-0.4, -0.2) is 120 Å². The highest BCUT2D eigenvalue weighted by Gasteiger charge is 2.46. The zero-order valence-electron chi connectivity index (χ0n) is 40.3. The van der Waals surface area contributed by atoms with Crippen LogP contribution >= 0.6 is 0 Å². The summed E-state index contributed by atoms with van der Waals surface area (Å²) in [6.45, 7) is 14.0. The highest BCUT2D eigenvalue weighted by Crippen LogP contribution is 2.29. The number of aliphatic hydroxyl groups excluding tert-OH is 1. The van der Waals surface area contributed by atoms with Gasteiger partial charge >= 0.3 is 6.09 Å². The van der Waals surface area contributed by atoms with E-state index >= 15 is 0 Å². The van der Waals surface area contributed by atoms with Gasteiger partial charge in [0.2, 0.25) is 17.7 Å². The molecule has 1 aromatic heterocycles. The standard InChI is InChI=1S/C50H71N9O8/c1-8-16-40(44(61)47(64)51-36-23-24-36)52-46(63)41-28-38(67-49(66)57-26-25-33-17-12-13-18-34(33)29-57)30-58(41)48(65)43(32(4)5)53-45(62)39(31(2)3)27-37(60)21-14-15-22-42-54-55-56-59(42)50(6,7)35-19-10-9-11-20-35/h9-13,17-20,31-32,36,38-41,43-44,61H,8,14-16,21-30H2,1-7H3,(H,51,64)(H,52,63)(H,53,62)/t38?,39-,40?,41-,43-,44?/m0/s1. The highest BCUT2D eigenvalue weighted by atomic mass is 16.6. The number of ketones is 1. The van der Waals surface area contributed by atoms with Crippen LogP contribution in [0.4, 0.5) is 4.79 Å². The summed E-state index contributed by atoms with van der Waals surface area (Å²) in [6, 6.07) is 14.7. The lowest BCUT2D eigenvalue weighted by atomic mass is 9.88. The number of fused-ring (bicyclic) bond motifs is 1. The molecule has 2 fully saturated rings. The van der Waals surface area contributed by atoms with Crippen molar-refractivity contribution >= 4 is 35.5 Å². The van der Waals surface area contributed by atoms with Crippen molar-refractivity contribution in [2.45, 2.75) is 168 Å². The molecule has 17 heteroatoms. The molecule has 3 heterocycles. The third-order valence-corrected chi connectivity index (χ3v) is 13.5. The molecule has 0 radical (unpaired) electrons. The van der Waals surface area contributed by atoms with Crippen molar-refractivity contribution < 1.29 is 38.6 Å². The average molecular weight is 926 g/mol. The Labute approximate surface area is 394 Å². The SMILES string of the molecule is CCCC(NC(=O)[C@@H]1CC(OC(=O)N2CCc3ccccc3C2)CN1C(=O)[C@@H](NC(=O)[C@@H](CC(=O)CCCCc1nnnn1C(C)(C)c1ccccc1)C(C)C)C(C)C)C(O)C(=O)NC1CC1. The average Bonchev–Trinajstić information content (AvgIpc) is 3.81. The van der Waals surface area contributed by atoms with Crippen molar-refractivity contribution in [2.75, 3.05) is 13.1 Å². The molecule has 6 atom stereocenters. The summed E-state index contributed by atoms with van der Waals surface area (Å²) in [7, 11) is 0. The summed E-state index contributed by atoms with van der Waals surface area (Å²) >= 11 is 0. The van der Waals surface area contributed by atoms with E-state index < -0.39 is 77.4 Å². The Kier molecular flexibility index (Phi) is 17.3.